The number of allylic oxidation sites excluding steroid dienone is 1. The van der Waals surface area contributed by atoms with E-state index in [1.54, 1.807) is 50.4 Å². The van der Waals surface area contributed by atoms with Crippen molar-refractivity contribution in [1.29, 1.82) is 0 Å². The summed E-state index contributed by atoms with van der Waals surface area (Å²) >= 11 is 5.21. The van der Waals surface area contributed by atoms with Crippen LogP contribution in [-0.4, -0.2) is 18.1 Å². The number of benzene rings is 2. The average molecular weight is 371 g/mol. The van der Waals surface area contributed by atoms with Gasteiger partial charge in [-0.3, -0.25) is 4.79 Å². The van der Waals surface area contributed by atoms with Crippen LogP contribution in [0.15, 0.2) is 59.8 Å². The molecule has 0 saturated heterocycles. The SMILES string of the molecule is COc1ccc(NC(=O)C2=C(C)NC(=S)NC2c2ccc(F)cc2)cc1. The van der Waals surface area contributed by atoms with Gasteiger partial charge < -0.3 is 20.7 Å². The van der Waals surface area contributed by atoms with Gasteiger partial charge in [0.05, 0.1) is 18.7 Å². The molecule has 0 radical (unpaired) electrons. The van der Waals surface area contributed by atoms with Gasteiger partial charge in [0.1, 0.15) is 11.6 Å². The van der Waals surface area contributed by atoms with Crippen LogP contribution < -0.4 is 20.7 Å². The number of ether oxygens (including phenoxy) is 1. The zero-order valence-corrected chi connectivity index (χ0v) is 15.1. The molecule has 0 spiro atoms. The van der Waals surface area contributed by atoms with E-state index in [-0.39, 0.29) is 11.7 Å². The molecule has 0 saturated carbocycles. The van der Waals surface area contributed by atoms with Gasteiger partial charge in [-0.2, -0.15) is 0 Å². The minimum atomic E-state index is -0.470. The normalized spacial score (nSPS) is 16.6. The van der Waals surface area contributed by atoms with E-state index < -0.39 is 6.04 Å². The molecule has 2 aromatic rings. The molecule has 1 aliphatic rings. The van der Waals surface area contributed by atoms with Crippen molar-refractivity contribution >= 4 is 28.9 Å². The molecule has 1 unspecified atom stereocenters. The van der Waals surface area contributed by atoms with Crippen molar-refractivity contribution in [1.82, 2.24) is 10.6 Å². The van der Waals surface area contributed by atoms with Crippen LogP contribution in [0, 0.1) is 5.82 Å². The summed E-state index contributed by atoms with van der Waals surface area (Å²) < 4.78 is 18.4. The molecule has 26 heavy (non-hydrogen) atoms. The summed E-state index contributed by atoms with van der Waals surface area (Å²) in [6, 6.07) is 12.6. The van der Waals surface area contributed by atoms with Gasteiger partial charge in [-0.1, -0.05) is 12.1 Å². The number of hydrogen-bond donors (Lipinski definition) is 3. The number of carbonyl (C=O) groups is 1. The Balaban J connectivity index is 1.89. The summed E-state index contributed by atoms with van der Waals surface area (Å²) in [6.45, 7) is 1.78. The summed E-state index contributed by atoms with van der Waals surface area (Å²) in [4.78, 5) is 12.9. The molecule has 1 aliphatic heterocycles. The molecule has 1 atom stereocenters. The van der Waals surface area contributed by atoms with Crippen LogP contribution in [0.25, 0.3) is 0 Å². The fourth-order valence-corrected chi connectivity index (χ4v) is 3.04. The lowest BCUT2D eigenvalue weighted by Gasteiger charge is -2.30. The van der Waals surface area contributed by atoms with Crippen molar-refractivity contribution in [2.24, 2.45) is 0 Å². The lowest BCUT2D eigenvalue weighted by atomic mass is 9.95. The highest BCUT2D eigenvalue weighted by Crippen LogP contribution is 2.28. The third kappa shape index (κ3) is 3.83. The Labute approximate surface area is 156 Å². The van der Waals surface area contributed by atoms with Gasteiger partial charge in [0.25, 0.3) is 5.91 Å². The second kappa shape index (κ2) is 7.53. The molecule has 2 aromatic carbocycles. The van der Waals surface area contributed by atoms with Crippen molar-refractivity contribution < 1.29 is 13.9 Å². The molecule has 5 nitrogen and oxygen atoms in total. The number of anilines is 1. The Hall–Kier alpha value is -2.93. The Bertz CT molecular complexity index is 863. The van der Waals surface area contributed by atoms with Crippen LogP contribution in [0.2, 0.25) is 0 Å². The van der Waals surface area contributed by atoms with E-state index in [4.69, 9.17) is 17.0 Å². The smallest absolute Gasteiger partial charge is 0.255 e. The molecule has 1 heterocycles. The molecule has 3 rings (SSSR count). The van der Waals surface area contributed by atoms with Crippen LogP contribution in [-0.2, 0) is 4.79 Å². The molecule has 0 fully saturated rings. The van der Waals surface area contributed by atoms with Crippen LogP contribution in [0.5, 0.6) is 5.75 Å². The van der Waals surface area contributed by atoms with Gasteiger partial charge in [0.15, 0.2) is 5.11 Å². The predicted octanol–water partition coefficient (Wildman–Crippen LogP) is 3.27. The topological polar surface area (TPSA) is 62.4 Å². The first-order chi connectivity index (χ1) is 12.5. The highest BCUT2D eigenvalue weighted by molar-refractivity contribution is 7.80. The monoisotopic (exact) mass is 371 g/mol. The van der Waals surface area contributed by atoms with Crippen LogP contribution in [0.4, 0.5) is 10.1 Å². The lowest BCUT2D eigenvalue weighted by Crippen LogP contribution is -2.45. The third-order valence-electron chi connectivity index (χ3n) is 4.06. The zero-order chi connectivity index (χ0) is 18.7. The number of hydrogen-bond acceptors (Lipinski definition) is 3. The van der Waals surface area contributed by atoms with E-state index in [0.717, 1.165) is 5.56 Å². The number of halogens is 1. The van der Waals surface area contributed by atoms with Gasteiger partial charge in [0.2, 0.25) is 0 Å². The molecule has 7 heteroatoms. The maximum atomic E-state index is 13.3. The number of methoxy groups -OCH3 is 1. The largest absolute Gasteiger partial charge is 0.497 e. The predicted molar refractivity (Wildman–Crippen MR) is 102 cm³/mol. The molecule has 134 valence electrons. The summed E-state index contributed by atoms with van der Waals surface area (Å²) in [7, 11) is 1.58. The molecular formula is C19H18FN3O2S. The summed E-state index contributed by atoms with van der Waals surface area (Å²) in [5.41, 5.74) is 2.52. The van der Waals surface area contributed by atoms with Crippen LogP contribution in [0.3, 0.4) is 0 Å². The highest BCUT2D eigenvalue weighted by atomic mass is 32.1. The number of amides is 1. The highest BCUT2D eigenvalue weighted by Gasteiger charge is 2.29. The fourth-order valence-electron chi connectivity index (χ4n) is 2.77. The minimum Gasteiger partial charge on any atom is -0.497 e. The van der Waals surface area contributed by atoms with E-state index in [1.165, 1.54) is 12.1 Å². The lowest BCUT2D eigenvalue weighted by molar-refractivity contribution is -0.113. The summed E-state index contributed by atoms with van der Waals surface area (Å²) in [5.74, 6) is 0.0913. The molecule has 1 amide bonds. The standard InChI is InChI=1S/C19H18FN3O2S/c1-11-16(18(24)22-14-7-9-15(25-2)10-8-14)17(23-19(26)21-11)12-3-5-13(20)6-4-12/h3-10,17H,1-2H3,(H,22,24)(H2,21,23,26). The first-order valence-electron chi connectivity index (χ1n) is 7.97. The van der Waals surface area contributed by atoms with E-state index in [0.29, 0.717) is 27.8 Å². The first-order valence-corrected chi connectivity index (χ1v) is 8.38. The van der Waals surface area contributed by atoms with Crippen molar-refractivity contribution in [2.75, 3.05) is 12.4 Å². The minimum absolute atomic E-state index is 0.274. The van der Waals surface area contributed by atoms with Crippen molar-refractivity contribution in [3.05, 3.63) is 71.2 Å². The van der Waals surface area contributed by atoms with E-state index >= 15 is 0 Å². The molecule has 3 N–H and O–H groups in total. The van der Waals surface area contributed by atoms with Crippen molar-refractivity contribution in [3.63, 3.8) is 0 Å². The van der Waals surface area contributed by atoms with Crippen LogP contribution in [0.1, 0.15) is 18.5 Å². The zero-order valence-electron chi connectivity index (χ0n) is 14.3. The van der Waals surface area contributed by atoms with Gasteiger partial charge in [-0.15, -0.1) is 0 Å². The van der Waals surface area contributed by atoms with Gasteiger partial charge >= 0.3 is 0 Å². The summed E-state index contributed by atoms with van der Waals surface area (Å²) in [5, 5.41) is 9.33. The Morgan fingerprint density at radius 3 is 2.42 bits per heavy atom. The Morgan fingerprint density at radius 1 is 1.15 bits per heavy atom. The average Bonchev–Trinajstić information content (AvgIpc) is 2.62. The van der Waals surface area contributed by atoms with E-state index in [2.05, 4.69) is 16.0 Å². The number of rotatable bonds is 4. The maximum Gasteiger partial charge on any atom is 0.255 e. The van der Waals surface area contributed by atoms with E-state index in [1.807, 2.05) is 0 Å². The quantitative estimate of drug-likeness (QED) is 0.720. The van der Waals surface area contributed by atoms with Gasteiger partial charge in [-0.25, -0.2) is 4.39 Å². The van der Waals surface area contributed by atoms with Crippen molar-refractivity contribution in [3.8, 4) is 5.75 Å². The Kier molecular flexibility index (Phi) is 5.18. The number of nitrogens with one attached hydrogen (secondary N) is 3. The first kappa shape index (κ1) is 17.9. The number of carbonyl (C=O) groups excluding carboxylic acids is 1. The Morgan fingerprint density at radius 2 is 1.81 bits per heavy atom. The number of thiocarbonyl (C=S) groups is 1. The van der Waals surface area contributed by atoms with Crippen LogP contribution >= 0.6 is 12.2 Å². The van der Waals surface area contributed by atoms with Crippen molar-refractivity contribution in [2.45, 2.75) is 13.0 Å². The molecule has 0 aromatic heterocycles. The van der Waals surface area contributed by atoms with Gasteiger partial charge in [-0.05, 0) is 61.1 Å². The summed E-state index contributed by atoms with van der Waals surface area (Å²) in [6.07, 6.45) is 0. The van der Waals surface area contributed by atoms with Gasteiger partial charge in [0, 0.05) is 11.4 Å². The maximum absolute atomic E-state index is 13.3. The fraction of sp³-hybridized carbons (Fsp3) is 0.158. The second-order valence-electron chi connectivity index (χ2n) is 5.80. The molecule has 0 aliphatic carbocycles. The third-order valence-corrected chi connectivity index (χ3v) is 4.28. The van der Waals surface area contributed by atoms with E-state index in [9.17, 15) is 9.18 Å². The molecule has 0 bridgehead atoms. The second-order valence-corrected chi connectivity index (χ2v) is 6.21. The molecular weight excluding hydrogens is 353 g/mol.